The third-order valence-electron chi connectivity index (χ3n) is 2.21. The van der Waals surface area contributed by atoms with Crippen LogP contribution in [0.3, 0.4) is 0 Å². The molecule has 0 aromatic heterocycles. The first-order valence-corrected chi connectivity index (χ1v) is 5.03. The minimum Gasteiger partial charge on any atom is -0.388 e. The van der Waals surface area contributed by atoms with Gasteiger partial charge in [-0.1, -0.05) is 30.3 Å². The van der Waals surface area contributed by atoms with Gasteiger partial charge in [0.1, 0.15) is 19.2 Å². The summed E-state index contributed by atoms with van der Waals surface area (Å²) < 4.78 is 0.821. The van der Waals surface area contributed by atoms with Crippen LogP contribution in [0, 0.1) is 0 Å². The number of nitrogens with zero attached hydrogens (tertiary/aromatic N) is 1. The Morgan fingerprint density at radius 2 is 1.79 bits per heavy atom. The van der Waals surface area contributed by atoms with E-state index in [1.165, 1.54) is 5.56 Å². The van der Waals surface area contributed by atoms with Crippen molar-refractivity contribution >= 4 is 0 Å². The van der Waals surface area contributed by atoms with Gasteiger partial charge < -0.3 is 9.59 Å². The monoisotopic (exact) mass is 194 g/mol. The predicted octanol–water partition coefficient (Wildman–Crippen LogP) is 1.64. The molecule has 1 rings (SSSR count). The van der Waals surface area contributed by atoms with Crippen LogP contribution in [0.15, 0.2) is 30.3 Å². The normalized spacial score (nSPS) is 14.0. The van der Waals surface area contributed by atoms with Gasteiger partial charge in [-0.05, 0) is 6.92 Å². The van der Waals surface area contributed by atoms with Gasteiger partial charge in [0, 0.05) is 5.56 Å². The van der Waals surface area contributed by atoms with E-state index in [0.717, 1.165) is 17.6 Å². The summed E-state index contributed by atoms with van der Waals surface area (Å²) in [6.45, 7) is 3.59. The molecule has 1 N–H and O–H groups in total. The van der Waals surface area contributed by atoms with E-state index in [1.54, 1.807) is 0 Å². The molecule has 1 unspecified atom stereocenters. The molecular formula is C12H20NO+. The Labute approximate surface area is 86.4 Å². The minimum absolute atomic E-state index is 0.242. The van der Waals surface area contributed by atoms with E-state index in [-0.39, 0.29) is 6.10 Å². The van der Waals surface area contributed by atoms with E-state index in [2.05, 4.69) is 38.4 Å². The van der Waals surface area contributed by atoms with Gasteiger partial charge in [0.2, 0.25) is 0 Å². The summed E-state index contributed by atoms with van der Waals surface area (Å²) in [5.41, 5.74) is 1.32. The van der Waals surface area contributed by atoms with Crippen LogP contribution in [0.25, 0.3) is 0 Å². The van der Waals surface area contributed by atoms with Gasteiger partial charge in [-0.25, -0.2) is 0 Å². The summed E-state index contributed by atoms with van der Waals surface area (Å²) in [5.74, 6) is 0. The molecule has 0 spiro atoms. The quantitative estimate of drug-likeness (QED) is 0.723. The second kappa shape index (κ2) is 4.58. The number of hydrogen-bond acceptors (Lipinski definition) is 1. The molecule has 0 aliphatic carbocycles. The van der Waals surface area contributed by atoms with Crippen LogP contribution in [0.4, 0.5) is 0 Å². The van der Waals surface area contributed by atoms with Crippen molar-refractivity contribution in [1.82, 2.24) is 0 Å². The van der Waals surface area contributed by atoms with Crippen LogP contribution in [0.5, 0.6) is 0 Å². The fourth-order valence-corrected chi connectivity index (χ4v) is 1.86. The Hall–Kier alpha value is -0.860. The molecule has 14 heavy (non-hydrogen) atoms. The van der Waals surface area contributed by atoms with E-state index in [9.17, 15) is 5.11 Å². The highest BCUT2D eigenvalue weighted by molar-refractivity contribution is 5.13. The number of quaternary nitrogens is 1. The number of benzene rings is 1. The highest BCUT2D eigenvalue weighted by Crippen LogP contribution is 2.09. The molecule has 0 radical (unpaired) electrons. The molecule has 2 heteroatoms. The minimum atomic E-state index is -0.242. The van der Waals surface area contributed by atoms with Crippen LogP contribution in [-0.2, 0) is 6.54 Å². The fourth-order valence-electron chi connectivity index (χ4n) is 1.86. The first kappa shape index (κ1) is 11.2. The van der Waals surface area contributed by atoms with Crippen molar-refractivity contribution in [3.05, 3.63) is 35.9 Å². The Morgan fingerprint density at radius 3 is 2.29 bits per heavy atom. The summed E-state index contributed by atoms with van der Waals surface area (Å²) in [4.78, 5) is 0. The molecule has 78 valence electrons. The number of likely N-dealkylation sites (N-methyl/N-ethyl adjacent to an activating group) is 1. The van der Waals surface area contributed by atoms with E-state index in [4.69, 9.17) is 0 Å². The van der Waals surface area contributed by atoms with Crippen LogP contribution in [0.1, 0.15) is 12.5 Å². The SMILES string of the molecule is CC(O)C[N+](C)(C)Cc1ccccc1. The summed E-state index contributed by atoms with van der Waals surface area (Å²) in [6, 6.07) is 10.4. The van der Waals surface area contributed by atoms with Crippen LogP contribution >= 0.6 is 0 Å². The number of aliphatic hydroxyl groups is 1. The standard InChI is InChI=1S/C12H20NO/c1-11(14)9-13(2,3)10-12-7-5-4-6-8-12/h4-8,11,14H,9-10H2,1-3H3/q+1. The zero-order chi connectivity index (χ0) is 10.6. The lowest BCUT2D eigenvalue weighted by atomic mass is 10.2. The molecule has 1 aromatic rings. The topological polar surface area (TPSA) is 20.2 Å². The van der Waals surface area contributed by atoms with Gasteiger partial charge in [-0.15, -0.1) is 0 Å². The van der Waals surface area contributed by atoms with E-state index in [0.29, 0.717) is 0 Å². The smallest absolute Gasteiger partial charge is 0.105 e. The molecule has 0 heterocycles. The molecule has 0 bridgehead atoms. The van der Waals surface area contributed by atoms with Gasteiger partial charge in [0.05, 0.1) is 14.1 Å². The van der Waals surface area contributed by atoms with E-state index < -0.39 is 0 Å². The van der Waals surface area contributed by atoms with Crippen LogP contribution in [-0.4, -0.2) is 36.3 Å². The van der Waals surface area contributed by atoms with Crippen molar-refractivity contribution in [2.45, 2.75) is 19.6 Å². The molecule has 0 fully saturated rings. The molecule has 0 aliphatic heterocycles. The van der Waals surface area contributed by atoms with Crippen molar-refractivity contribution in [3.63, 3.8) is 0 Å². The molecule has 0 saturated heterocycles. The molecule has 2 nitrogen and oxygen atoms in total. The third-order valence-corrected chi connectivity index (χ3v) is 2.21. The predicted molar refractivity (Wildman–Crippen MR) is 58.8 cm³/mol. The second-order valence-electron chi connectivity index (χ2n) is 4.61. The second-order valence-corrected chi connectivity index (χ2v) is 4.61. The average molecular weight is 194 g/mol. The van der Waals surface area contributed by atoms with Crippen molar-refractivity contribution in [2.75, 3.05) is 20.6 Å². The van der Waals surface area contributed by atoms with E-state index in [1.807, 2.05) is 13.0 Å². The number of aliphatic hydroxyl groups excluding tert-OH is 1. The van der Waals surface area contributed by atoms with Crippen LogP contribution < -0.4 is 0 Å². The van der Waals surface area contributed by atoms with Gasteiger partial charge in [-0.3, -0.25) is 0 Å². The summed E-state index contributed by atoms with van der Waals surface area (Å²) >= 11 is 0. The largest absolute Gasteiger partial charge is 0.388 e. The maximum absolute atomic E-state index is 9.35. The third kappa shape index (κ3) is 3.90. The lowest BCUT2D eigenvalue weighted by Crippen LogP contribution is -2.43. The maximum atomic E-state index is 9.35. The Balaban J connectivity index is 2.59. The number of rotatable bonds is 4. The zero-order valence-corrected chi connectivity index (χ0v) is 9.27. The summed E-state index contributed by atoms with van der Waals surface area (Å²) in [6.07, 6.45) is -0.242. The molecule has 0 aliphatic rings. The Bertz CT molecular complexity index is 267. The highest BCUT2D eigenvalue weighted by atomic mass is 16.3. The number of hydrogen-bond donors (Lipinski definition) is 1. The van der Waals surface area contributed by atoms with Gasteiger partial charge in [0.15, 0.2) is 0 Å². The van der Waals surface area contributed by atoms with Gasteiger partial charge >= 0.3 is 0 Å². The molecule has 0 saturated carbocycles. The van der Waals surface area contributed by atoms with Crippen molar-refractivity contribution < 1.29 is 9.59 Å². The maximum Gasteiger partial charge on any atom is 0.105 e. The van der Waals surface area contributed by atoms with Crippen LogP contribution in [0.2, 0.25) is 0 Å². The Morgan fingerprint density at radius 1 is 1.21 bits per heavy atom. The average Bonchev–Trinajstić information content (AvgIpc) is 2.02. The fraction of sp³-hybridized carbons (Fsp3) is 0.500. The summed E-state index contributed by atoms with van der Waals surface area (Å²) in [5, 5.41) is 9.35. The summed E-state index contributed by atoms with van der Waals surface area (Å²) in [7, 11) is 4.28. The zero-order valence-electron chi connectivity index (χ0n) is 9.27. The van der Waals surface area contributed by atoms with Crippen molar-refractivity contribution in [1.29, 1.82) is 0 Å². The molecular weight excluding hydrogens is 174 g/mol. The molecule has 1 atom stereocenters. The first-order chi connectivity index (χ1) is 6.49. The lowest BCUT2D eigenvalue weighted by Gasteiger charge is -2.31. The van der Waals surface area contributed by atoms with E-state index >= 15 is 0 Å². The molecule has 1 aromatic carbocycles. The highest BCUT2D eigenvalue weighted by Gasteiger charge is 2.17. The molecule has 0 amide bonds. The first-order valence-electron chi connectivity index (χ1n) is 5.03. The van der Waals surface area contributed by atoms with Gasteiger partial charge in [-0.2, -0.15) is 0 Å². The van der Waals surface area contributed by atoms with Crippen molar-refractivity contribution in [3.8, 4) is 0 Å². The lowest BCUT2D eigenvalue weighted by molar-refractivity contribution is -0.906. The van der Waals surface area contributed by atoms with Crippen molar-refractivity contribution in [2.24, 2.45) is 0 Å². The van der Waals surface area contributed by atoms with Gasteiger partial charge in [0.25, 0.3) is 0 Å². The Kier molecular flexibility index (Phi) is 3.67.